The Morgan fingerprint density at radius 1 is 1.40 bits per heavy atom. The highest BCUT2D eigenvalue weighted by Gasteiger charge is 2.14. The van der Waals surface area contributed by atoms with Gasteiger partial charge in [-0.1, -0.05) is 11.8 Å². The molecule has 3 aromatic rings. The lowest BCUT2D eigenvalue weighted by Crippen LogP contribution is -2.33. The first kappa shape index (κ1) is 21.7. The number of carbonyl (C=O) groups is 1. The Labute approximate surface area is 177 Å². The number of benzene rings is 1. The minimum atomic E-state index is -0.616. The van der Waals surface area contributed by atoms with Gasteiger partial charge in [0.2, 0.25) is 5.91 Å². The van der Waals surface area contributed by atoms with Gasteiger partial charge in [0.05, 0.1) is 20.9 Å². The number of thioether (sulfide) groups is 1. The molecule has 0 spiro atoms. The molecular formula is C17H17N5O6S2. The second kappa shape index (κ2) is 9.65. The second-order valence-electron chi connectivity index (χ2n) is 6.05. The number of nitrogens with zero attached hydrogens (tertiary/aromatic N) is 3. The highest BCUT2D eigenvalue weighted by Crippen LogP contribution is 2.31. The minimum absolute atomic E-state index is 0.0129. The number of rotatable bonds is 9. The molecule has 3 rings (SSSR count). The quantitative estimate of drug-likeness (QED) is 0.216. The Kier molecular flexibility index (Phi) is 6.97. The van der Waals surface area contributed by atoms with Crippen molar-refractivity contribution in [3.05, 3.63) is 55.2 Å². The van der Waals surface area contributed by atoms with E-state index in [-0.39, 0.29) is 23.8 Å². The first-order valence-corrected chi connectivity index (χ1v) is 10.5. The molecule has 13 heteroatoms. The molecule has 0 fully saturated rings. The molecule has 1 aromatic carbocycles. The van der Waals surface area contributed by atoms with Crippen LogP contribution in [-0.4, -0.2) is 44.8 Å². The van der Waals surface area contributed by atoms with Crippen molar-refractivity contribution >= 4 is 50.7 Å². The predicted octanol–water partition coefficient (Wildman–Crippen LogP) is 1.82. The van der Waals surface area contributed by atoms with Gasteiger partial charge in [0.15, 0.2) is 4.34 Å². The number of non-ortho nitro benzene ring substituents is 1. The Morgan fingerprint density at radius 3 is 2.93 bits per heavy atom. The maximum atomic E-state index is 12.4. The molecule has 0 bridgehead atoms. The lowest BCUT2D eigenvalue weighted by molar-refractivity contribution is -0.384. The number of H-pyrrole nitrogens is 1. The van der Waals surface area contributed by atoms with Crippen molar-refractivity contribution in [1.82, 2.24) is 14.5 Å². The number of aromatic nitrogens is 3. The highest BCUT2D eigenvalue weighted by molar-refractivity contribution is 8.01. The minimum Gasteiger partial charge on any atom is -0.385 e. The normalized spacial score (nSPS) is 11.0. The van der Waals surface area contributed by atoms with E-state index in [1.807, 2.05) is 0 Å². The van der Waals surface area contributed by atoms with Gasteiger partial charge in [0.1, 0.15) is 5.82 Å². The van der Waals surface area contributed by atoms with E-state index in [4.69, 9.17) is 4.74 Å². The van der Waals surface area contributed by atoms with Gasteiger partial charge in [0.25, 0.3) is 11.2 Å². The summed E-state index contributed by atoms with van der Waals surface area (Å²) in [5, 5.41) is 13.4. The summed E-state index contributed by atoms with van der Waals surface area (Å²) in [6, 6.07) is 5.54. The summed E-state index contributed by atoms with van der Waals surface area (Å²) in [5.41, 5.74) is -0.797. The first-order valence-electron chi connectivity index (χ1n) is 8.68. The van der Waals surface area contributed by atoms with E-state index in [1.54, 1.807) is 6.07 Å². The molecule has 0 saturated carbocycles. The van der Waals surface area contributed by atoms with Crippen LogP contribution in [0.1, 0.15) is 6.42 Å². The number of thiazole rings is 1. The summed E-state index contributed by atoms with van der Waals surface area (Å²) in [7, 11) is 1.54. The number of anilines is 1. The van der Waals surface area contributed by atoms with Gasteiger partial charge in [-0.25, -0.2) is 9.78 Å². The number of nitrogens with one attached hydrogen (secondary N) is 2. The molecule has 0 radical (unpaired) electrons. The number of hydrogen-bond acceptors (Lipinski definition) is 9. The summed E-state index contributed by atoms with van der Waals surface area (Å²) in [5.74, 6) is -0.331. The molecule has 0 saturated heterocycles. The monoisotopic (exact) mass is 451 g/mol. The summed E-state index contributed by atoms with van der Waals surface area (Å²) in [6.45, 7) is 0.688. The zero-order chi connectivity index (χ0) is 21.7. The summed E-state index contributed by atoms with van der Waals surface area (Å²) in [6.07, 6.45) is 0.526. The highest BCUT2D eigenvalue weighted by atomic mass is 32.2. The molecule has 11 nitrogen and oxygen atoms in total. The van der Waals surface area contributed by atoms with Crippen LogP contribution in [0.3, 0.4) is 0 Å². The number of fused-ring (bicyclic) bond motifs is 1. The fourth-order valence-corrected chi connectivity index (χ4v) is 4.44. The maximum absolute atomic E-state index is 12.4. The Balaban J connectivity index is 1.68. The molecule has 0 aliphatic carbocycles. The number of aromatic amines is 1. The lowest BCUT2D eigenvalue weighted by Gasteiger charge is -2.12. The second-order valence-corrected chi connectivity index (χ2v) is 8.30. The molecule has 0 aliphatic rings. The van der Waals surface area contributed by atoms with Gasteiger partial charge in [-0.3, -0.25) is 29.3 Å². The van der Waals surface area contributed by atoms with Gasteiger partial charge in [-0.05, 0) is 12.5 Å². The molecule has 2 aromatic heterocycles. The molecule has 0 atom stereocenters. The molecule has 0 unspecified atom stereocenters. The van der Waals surface area contributed by atoms with Crippen LogP contribution < -0.4 is 16.6 Å². The average Bonchev–Trinajstić information content (AvgIpc) is 3.10. The number of methoxy groups -OCH3 is 1. The topological polar surface area (TPSA) is 149 Å². The lowest BCUT2D eigenvalue weighted by atomic mass is 10.3. The molecule has 30 heavy (non-hydrogen) atoms. The molecule has 2 heterocycles. The number of nitro groups is 1. The average molecular weight is 451 g/mol. The largest absolute Gasteiger partial charge is 0.385 e. The standard InChI is InChI=1S/C17H17N5O6S2/c1-28-6-2-5-21-13(8-14(23)20-16(21)25)19-15(24)9-29-17-18-11-7-10(22(26)27)3-4-12(11)30-17/h3-4,7-8H,2,5-6,9H2,1H3,(H,19,24)(H,20,23,25). The van der Waals surface area contributed by atoms with Gasteiger partial charge in [-0.15, -0.1) is 11.3 Å². The SMILES string of the molecule is COCCCn1c(NC(=O)CSc2nc3cc([N+](=O)[O-])ccc3s2)cc(=O)[nH]c1=O. The summed E-state index contributed by atoms with van der Waals surface area (Å²) >= 11 is 2.47. The summed E-state index contributed by atoms with van der Waals surface area (Å²) < 4.78 is 7.57. The van der Waals surface area contributed by atoms with Crippen molar-refractivity contribution < 1.29 is 14.5 Å². The van der Waals surface area contributed by atoms with Crippen LogP contribution >= 0.6 is 23.1 Å². The van der Waals surface area contributed by atoms with Crippen LogP contribution in [0.5, 0.6) is 0 Å². The van der Waals surface area contributed by atoms with Crippen LogP contribution in [0.25, 0.3) is 10.2 Å². The van der Waals surface area contributed by atoms with Crippen molar-refractivity contribution in [2.24, 2.45) is 0 Å². The van der Waals surface area contributed by atoms with Gasteiger partial charge in [0, 0.05) is 38.5 Å². The zero-order valence-corrected chi connectivity index (χ0v) is 17.4. The molecular weight excluding hydrogens is 434 g/mol. The Hall–Kier alpha value is -3.03. The predicted molar refractivity (Wildman–Crippen MR) is 113 cm³/mol. The Morgan fingerprint density at radius 2 is 2.20 bits per heavy atom. The van der Waals surface area contributed by atoms with Crippen LogP contribution in [0.15, 0.2) is 38.2 Å². The number of nitro benzene ring substituents is 1. The van der Waals surface area contributed by atoms with Crippen molar-refractivity contribution in [3.8, 4) is 0 Å². The third-order valence-electron chi connectivity index (χ3n) is 3.92. The number of hydrogen-bond donors (Lipinski definition) is 2. The van der Waals surface area contributed by atoms with E-state index in [1.165, 1.54) is 35.1 Å². The van der Waals surface area contributed by atoms with Gasteiger partial charge in [-0.2, -0.15) is 0 Å². The fourth-order valence-electron chi connectivity index (χ4n) is 2.59. The van der Waals surface area contributed by atoms with E-state index in [0.717, 1.165) is 22.5 Å². The third-order valence-corrected chi connectivity index (χ3v) is 6.10. The van der Waals surface area contributed by atoms with E-state index < -0.39 is 22.1 Å². The van der Waals surface area contributed by atoms with Crippen molar-refractivity contribution in [1.29, 1.82) is 0 Å². The number of amides is 1. The third kappa shape index (κ3) is 5.31. The first-order chi connectivity index (χ1) is 14.4. The zero-order valence-electron chi connectivity index (χ0n) is 15.7. The van der Waals surface area contributed by atoms with E-state index in [0.29, 0.717) is 22.9 Å². The molecule has 2 N–H and O–H groups in total. The van der Waals surface area contributed by atoms with Gasteiger partial charge < -0.3 is 10.1 Å². The fraction of sp³-hybridized carbons (Fsp3) is 0.294. The smallest absolute Gasteiger partial charge is 0.329 e. The number of ether oxygens (including phenoxy) is 1. The number of carbonyl (C=O) groups excluding carboxylic acids is 1. The van der Waals surface area contributed by atoms with Crippen LogP contribution in [-0.2, 0) is 16.1 Å². The molecule has 0 aliphatic heterocycles. The van der Waals surface area contributed by atoms with E-state index in [9.17, 15) is 24.5 Å². The van der Waals surface area contributed by atoms with Gasteiger partial charge >= 0.3 is 5.69 Å². The molecule has 158 valence electrons. The summed E-state index contributed by atoms with van der Waals surface area (Å²) in [4.78, 5) is 52.9. The van der Waals surface area contributed by atoms with Crippen molar-refractivity contribution in [2.45, 2.75) is 17.3 Å². The van der Waals surface area contributed by atoms with Crippen molar-refractivity contribution in [2.75, 3.05) is 24.8 Å². The van der Waals surface area contributed by atoms with Crippen LogP contribution in [0.2, 0.25) is 0 Å². The maximum Gasteiger partial charge on any atom is 0.329 e. The Bertz CT molecular complexity index is 1200. The van der Waals surface area contributed by atoms with Crippen LogP contribution in [0, 0.1) is 10.1 Å². The van der Waals surface area contributed by atoms with E-state index >= 15 is 0 Å². The van der Waals surface area contributed by atoms with E-state index in [2.05, 4.69) is 15.3 Å². The molecule has 1 amide bonds. The van der Waals surface area contributed by atoms with Crippen LogP contribution in [0.4, 0.5) is 11.5 Å². The van der Waals surface area contributed by atoms with Crippen molar-refractivity contribution in [3.63, 3.8) is 0 Å².